The Morgan fingerprint density at radius 1 is 1.14 bits per heavy atom. The van der Waals surface area contributed by atoms with E-state index in [2.05, 4.69) is 10.6 Å². The van der Waals surface area contributed by atoms with Crippen LogP contribution in [0.15, 0.2) is 42.5 Å². The zero-order chi connectivity index (χ0) is 16.1. The third kappa shape index (κ3) is 4.11. The molecule has 0 aliphatic carbocycles. The first kappa shape index (κ1) is 16.1. The summed E-state index contributed by atoms with van der Waals surface area (Å²) in [5.41, 5.74) is 2.32. The lowest BCUT2D eigenvalue weighted by atomic mass is 10.1. The molecule has 3 nitrogen and oxygen atoms in total. The third-order valence-corrected chi connectivity index (χ3v) is 3.43. The quantitative estimate of drug-likeness (QED) is 0.887. The van der Waals surface area contributed by atoms with Gasteiger partial charge >= 0.3 is 0 Å². The smallest absolute Gasteiger partial charge is 0.238 e. The first-order valence-corrected chi connectivity index (χ1v) is 7.01. The van der Waals surface area contributed by atoms with E-state index in [0.717, 1.165) is 23.4 Å². The monoisotopic (exact) mass is 304 g/mol. The van der Waals surface area contributed by atoms with Crippen molar-refractivity contribution < 1.29 is 13.6 Å². The Bertz CT molecular complexity index is 673. The van der Waals surface area contributed by atoms with E-state index < -0.39 is 11.6 Å². The number of aryl methyl sites for hydroxylation is 1. The van der Waals surface area contributed by atoms with Crippen LogP contribution in [0.2, 0.25) is 0 Å². The molecule has 1 amide bonds. The molecule has 2 rings (SSSR count). The van der Waals surface area contributed by atoms with Crippen molar-refractivity contribution in [2.75, 3.05) is 11.9 Å². The number of anilines is 1. The third-order valence-electron chi connectivity index (χ3n) is 3.43. The van der Waals surface area contributed by atoms with E-state index in [1.54, 1.807) is 6.92 Å². The summed E-state index contributed by atoms with van der Waals surface area (Å²) in [4.78, 5) is 11.9. The molecule has 2 N–H and O–H groups in total. The summed E-state index contributed by atoms with van der Waals surface area (Å²) in [5, 5.41) is 5.79. The lowest BCUT2D eigenvalue weighted by Crippen LogP contribution is -2.30. The molecule has 1 atom stereocenters. The van der Waals surface area contributed by atoms with Gasteiger partial charge in [0.1, 0.15) is 0 Å². The molecule has 0 heterocycles. The van der Waals surface area contributed by atoms with Crippen LogP contribution in [0.5, 0.6) is 0 Å². The van der Waals surface area contributed by atoms with Crippen molar-refractivity contribution in [1.29, 1.82) is 0 Å². The maximum absolute atomic E-state index is 13.2. The molecule has 0 aliphatic heterocycles. The van der Waals surface area contributed by atoms with Gasteiger partial charge in [-0.05, 0) is 43.2 Å². The molecule has 0 fully saturated rings. The van der Waals surface area contributed by atoms with Gasteiger partial charge in [-0.1, -0.05) is 24.3 Å². The fourth-order valence-corrected chi connectivity index (χ4v) is 2.05. The van der Waals surface area contributed by atoms with Crippen LogP contribution in [0.4, 0.5) is 14.5 Å². The predicted octanol–water partition coefficient (Wildman–Crippen LogP) is 3.56. The Labute approximate surface area is 128 Å². The second kappa shape index (κ2) is 7.13. The van der Waals surface area contributed by atoms with Gasteiger partial charge in [-0.2, -0.15) is 0 Å². The highest BCUT2D eigenvalue weighted by atomic mass is 19.2. The van der Waals surface area contributed by atoms with E-state index in [1.165, 1.54) is 6.07 Å². The average Bonchev–Trinajstić information content (AvgIpc) is 2.50. The minimum atomic E-state index is -0.893. The van der Waals surface area contributed by atoms with Crippen LogP contribution in [0.25, 0.3) is 0 Å². The number of amides is 1. The summed E-state index contributed by atoms with van der Waals surface area (Å²) in [6.07, 6.45) is 0. The van der Waals surface area contributed by atoms with Crippen LogP contribution in [0.1, 0.15) is 24.1 Å². The van der Waals surface area contributed by atoms with E-state index in [4.69, 9.17) is 0 Å². The Morgan fingerprint density at radius 2 is 1.86 bits per heavy atom. The molecule has 0 aromatic heterocycles. The van der Waals surface area contributed by atoms with Crippen molar-refractivity contribution in [1.82, 2.24) is 5.32 Å². The molecule has 0 unspecified atom stereocenters. The van der Waals surface area contributed by atoms with Crippen LogP contribution >= 0.6 is 0 Å². The lowest BCUT2D eigenvalue weighted by Gasteiger charge is -2.15. The lowest BCUT2D eigenvalue weighted by molar-refractivity contribution is -0.115. The van der Waals surface area contributed by atoms with Gasteiger partial charge in [-0.3, -0.25) is 4.79 Å². The summed E-state index contributed by atoms with van der Waals surface area (Å²) < 4.78 is 26.1. The van der Waals surface area contributed by atoms with Gasteiger partial charge in [-0.25, -0.2) is 8.78 Å². The van der Waals surface area contributed by atoms with Gasteiger partial charge < -0.3 is 10.6 Å². The maximum Gasteiger partial charge on any atom is 0.238 e. The molecule has 0 bridgehead atoms. The van der Waals surface area contributed by atoms with Crippen LogP contribution in [-0.2, 0) is 4.79 Å². The van der Waals surface area contributed by atoms with Crippen molar-refractivity contribution in [3.05, 3.63) is 65.2 Å². The fourth-order valence-electron chi connectivity index (χ4n) is 2.05. The van der Waals surface area contributed by atoms with Crippen LogP contribution in [-0.4, -0.2) is 12.5 Å². The largest absolute Gasteiger partial charge is 0.325 e. The Kier molecular flexibility index (Phi) is 5.22. The molecule has 0 saturated carbocycles. The van der Waals surface area contributed by atoms with E-state index >= 15 is 0 Å². The number of nitrogens with one attached hydrogen (secondary N) is 2. The highest BCUT2D eigenvalue weighted by molar-refractivity contribution is 5.92. The van der Waals surface area contributed by atoms with Crippen LogP contribution in [0.3, 0.4) is 0 Å². The highest BCUT2D eigenvalue weighted by Gasteiger charge is 2.11. The van der Waals surface area contributed by atoms with Gasteiger partial charge in [0, 0.05) is 11.7 Å². The molecule has 0 saturated heterocycles. The first-order chi connectivity index (χ1) is 10.5. The first-order valence-electron chi connectivity index (χ1n) is 7.01. The summed E-state index contributed by atoms with van der Waals surface area (Å²) in [6, 6.07) is 10.9. The Morgan fingerprint density at radius 3 is 2.55 bits per heavy atom. The number of rotatable bonds is 5. The number of hydrogen-bond donors (Lipinski definition) is 2. The molecule has 2 aromatic carbocycles. The SMILES string of the molecule is Cc1ccccc1NC(=O)CN[C@@H](C)c1ccc(F)c(F)c1. The summed E-state index contributed by atoms with van der Waals surface area (Å²) in [6.45, 7) is 3.77. The molecule has 0 radical (unpaired) electrons. The van der Waals surface area contributed by atoms with E-state index in [9.17, 15) is 13.6 Å². The molecule has 0 spiro atoms. The van der Waals surface area contributed by atoms with Crippen molar-refractivity contribution in [3.63, 3.8) is 0 Å². The number of hydrogen-bond acceptors (Lipinski definition) is 2. The molecule has 2 aromatic rings. The van der Waals surface area contributed by atoms with Gasteiger partial charge in [0.05, 0.1) is 6.54 Å². The second-order valence-corrected chi connectivity index (χ2v) is 5.14. The summed E-state index contributed by atoms with van der Waals surface area (Å²) in [7, 11) is 0. The number of carbonyl (C=O) groups is 1. The molecular weight excluding hydrogens is 286 g/mol. The standard InChI is InChI=1S/C17H18F2N2O/c1-11-5-3-4-6-16(11)21-17(22)10-20-12(2)13-7-8-14(18)15(19)9-13/h3-9,12,20H,10H2,1-2H3,(H,21,22)/t12-/m0/s1. The van der Waals surface area contributed by atoms with Gasteiger partial charge in [0.15, 0.2) is 11.6 Å². The van der Waals surface area contributed by atoms with Crippen molar-refractivity contribution >= 4 is 11.6 Å². The molecule has 116 valence electrons. The minimum absolute atomic E-state index is 0.0779. The zero-order valence-corrected chi connectivity index (χ0v) is 12.5. The van der Waals surface area contributed by atoms with E-state index in [-0.39, 0.29) is 18.5 Å². The van der Waals surface area contributed by atoms with Gasteiger partial charge in [0.2, 0.25) is 5.91 Å². The minimum Gasteiger partial charge on any atom is -0.325 e. The van der Waals surface area contributed by atoms with Gasteiger partial charge in [0.25, 0.3) is 0 Å². The maximum atomic E-state index is 13.2. The molecule has 0 aliphatic rings. The number of halogens is 2. The van der Waals surface area contributed by atoms with E-state index in [1.807, 2.05) is 31.2 Å². The topological polar surface area (TPSA) is 41.1 Å². The number of para-hydroxylation sites is 1. The normalized spacial score (nSPS) is 12.0. The molecular formula is C17H18F2N2O. The van der Waals surface area contributed by atoms with Crippen molar-refractivity contribution in [2.45, 2.75) is 19.9 Å². The van der Waals surface area contributed by atoms with Crippen LogP contribution < -0.4 is 10.6 Å². The van der Waals surface area contributed by atoms with Crippen LogP contribution in [0, 0.1) is 18.6 Å². The number of benzene rings is 2. The van der Waals surface area contributed by atoms with E-state index in [0.29, 0.717) is 5.56 Å². The van der Waals surface area contributed by atoms with Crippen molar-refractivity contribution in [2.24, 2.45) is 0 Å². The highest BCUT2D eigenvalue weighted by Crippen LogP contribution is 2.16. The second-order valence-electron chi connectivity index (χ2n) is 5.14. The summed E-state index contributed by atoms with van der Waals surface area (Å²) >= 11 is 0. The number of carbonyl (C=O) groups excluding carboxylic acids is 1. The molecule has 22 heavy (non-hydrogen) atoms. The molecule has 5 heteroatoms. The van der Waals surface area contributed by atoms with Crippen molar-refractivity contribution in [3.8, 4) is 0 Å². The Hall–Kier alpha value is -2.27. The van der Waals surface area contributed by atoms with Gasteiger partial charge in [-0.15, -0.1) is 0 Å². The summed E-state index contributed by atoms with van der Waals surface area (Å²) in [5.74, 6) is -1.97. The zero-order valence-electron chi connectivity index (χ0n) is 12.5. The fraction of sp³-hybridized carbons (Fsp3) is 0.235. The predicted molar refractivity (Wildman–Crippen MR) is 82.6 cm³/mol. The average molecular weight is 304 g/mol. The Balaban J connectivity index is 1.90.